The highest BCUT2D eigenvalue weighted by Gasteiger charge is 2.38. The molecule has 0 fully saturated rings. The summed E-state index contributed by atoms with van der Waals surface area (Å²) in [5, 5.41) is 3.43. The molecule has 7 nitrogen and oxygen atoms in total. The highest BCUT2D eigenvalue weighted by molar-refractivity contribution is 5.93. The summed E-state index contributed by atoms with van der Waals surface area (Å²) in [5.41, 5.74) is -0.747. The Hall–Kier alpha value is -1.92. The number of imide groups is 1. The van der Waals surface area contributed by atoms with Gasteiger partial charge in [0.2, 0.25) is 5.91 Å². The van der Waals surface area contributed by atoms with Gasteiger partial charge in [-0.1, -0.05) is 41.5 Å². The molecule has 0 heterocycles. The first-order valence-corrected chi connectivity index (χ1v) is 9.81. The van der Waals surface area contributed by atoms with Gasteiger partial charge in [0.15, 0.2) is 0 Å². The Morgan fingerprint density at radius 3 is 1.54 bits per heavy atom. The average Bonchev–Trinajstić information content (AvgIpc) is 2.44. The van der Waals surface area contributed by atoms with Crippen molar-refractivity contribution in [3.05, 3.63) is 0 Å². The molecule has 0 aliphatic carbocycles. The summed E-state index contributed by atoms with van der Waals surface area (Å²) in [6, 6.07) is 0.0282. The highest BCUT2D eigenvalue weighted by atomic mass is 16.7. The molecule has 0 radical (unpaired) electrons. The third-order valence-corrected chi connectivity index (χ3v) is 4.62. The molecule has 162 valence electrons. The number of nitrogens with one attached hydrogen (secondary N) is 1. The molecule has 0 aromatic carbocycles. The van der Waals surface area contributed by atoms with Gasteiger partial charge in [-0.3, -0.25) is 14.4 Å². The lowest BCUT2D eigenvalue weighted by Gasteiger charge is -2.34. The second-order valence-corrected chi connectivity index (χ2v) is 9.82. The molecule has 0 bridgehead atoms. The van der Waals surface area contributed by atoms with Gasteiger partial charge in [0, 0.05) is 25.8 Å². The van der Waals surface area contributed by atoms with Gasteiger partial charge in [0.05, 0.1) is 5.92 Å². The number of rotatable bonds is 6. The van der Waals surface area contributed by atoms with Crippen LogP contribution in [-0.2, 0) is 24.0 Å². The van der Waals surface area contributed by atoms with Crippen LogP contribution in [0, 0.1) is 22.7 Å². The van der Waals surface area contributed by atoms with E-state index in [2.05, 4.69) is 5.32 Å². The predicted molar refractivity (Wildman–Crippen MR) is 108 cm³/mol. The SMILES string of the molecule is CC(=O)N(OC(=O)C(CCC(C(=O)NC(C)C)C(C)(C)C)C(C)(C)C)C(C)=O. The van der Waals surface area contributed by atoms with Crippen molar-refractivity contribution in [3.8, 4) is 0 Å². The summed E-state index contributed by atoms with van der Waals surface area (Å²) in [6.45, 7) is 17.8. The molecular weight excluding hydrogens is 360 g/mol. The zero-order valence-electron chi connectivity index (χ0n) is 19.1. The van der Waals surface area contributed by atoms with Crippen LogP contribution in [0.1, 0.15) is 82.1 Å². The molecule has 0 aromatic rings. The lowest BCUT2D eigenvalue weighted by molar-refractivity contribution is -0.206. The van der Waals surface area contributed by atoms with E-state index in [0.717, 1.165) is 13.8 Å². The molecule has 0 saturated heterocycles. The number of hydroxylamine groups is 2. The fourth-order valence-corrected chi connectivity index (χ4v) is 3.08. The summed E-state index contributed by atoms with van der Waals surface area (Å²) in [5.74, 6) is -2.86. The molecule has 7 heteroatoms. The van der Waals surface area contributed by atoms with Crippen LogP contribution in [0.25, 0.3) is 0 Å². The van der Waals surface area contributed by atoms with E-state index in [1.54, 1.807) is 0 Å². The number of hydrogen-bond acceptors (Lipinski definition) is 5. The normalized spacial score (nSPS) is 14.2. The molecule has 2 unspecified atom stereocenters. The van der Waals surface area contributed by atoms with Crippen LogP contribution in [0.5, 0.6) is 0 Å². The maximum Gasteiger partial charge on any atom is 0.336 e. The second kappa shape index (κ2) is 10.0. The third-order valence-electron chi connectivity index (χ3n) is 4.62. The van der Waals surface area contributed by atoms with Crippen LogP contribution < -0.4 is 5.32 Å². The predicted octanol–water partition coefficient (Wildman–Crippen LogP) is 3.47. The zero-order chi connectivity index (χ0) is 22.4. The smallest absolute Gasteiger partial charge is 0.336 e. The van der Waals surface area contributed by atoms with Crippen molar-refractivity contribution in [1.82, 2.24) is 10.4 Å². The summed E-state index contributed by atoms with van der Waals surface area (Å²) in [7, 11) is 0. The topological polar surface area (TPSA) is 92.8 Å². The van der Waals surface area contributed by atoms with Gasteiger partial charge in [0.25, 0.3) is 11.8 Å². The van der Waals surface area contributed by atoms with Crippen LogP contribution in [0.15, 0.2) is 0 Å². The molecule has 0 spiro atoms. The summed E-state index contributed by atoms with van der Waals surface area (Å²) >= 11 is 0. The van der Waals surface area contributed by atoms with Gasteiger partial charge < -0.3 is 10.2 Å². The van der Waals surface area contributed by atoms with Gasteiger partial charge in [-0.25, -0.2) is 4.79 Å². The van der Waals surface area contributed by atoms with Gasteiger partial charge in [-0.15, -0.1) is 5.06 Å². The highest BCUT2D eigenvalue weighted by Crippen LogP contribution is 2.36. The van der Waals surface area contributed by atoms with Crippen LogP contribution in [0.4, 0.5) is 0 Å². The van der Waals surface area contributed by atoms with E-state index >= 15 is 0 Å². The largest absolute Gasteiger partial charge is 0.354 e. The first kappa shape index (κ1) is 26.1. The van der Waals surface area contributed by atoms with Gasteiger partial charge in [-0.05, 0) is 37.5 Å². The molecule has 3 amide bonds. The minimum absolute atomic E-state index is 0.0282. The van der Waals surface area contributed by atoms with Crippen LogP contribution >= 0.6 is 0 Å². The second-order valence-electron chi connectivity index (χ2n) is 9.82. The molecule has 1 N–H and O–H groups in total. The van der Waals surface area contributed by atoms with E-state index in [1.807, 2.05) is 55.4 Å². The maximum absolute atomic E-state index is 12.8. The average molecular weight is 399 g/mol. The Morgan fingerprint density at radius 2 is 1.21 bits per heavy atom. The summed E-state index contributed by atoms with van der Waals surface area (Å²) in [4.78, 5) is 53.6. The first-order chi connectivity index (χ1) is 12.5. The van der Waals surface area contributed by atoms with Crippen LogP contribution in [0.2, 0.25) is 0 Å². The Bertz CT molecular complexity index is 571. The van der Waals surface area contributed by atoms with E-state index in [9.17, 15) is 19.2 Å². The molecule has 0 aromatic heterocycles. The zero-order valence-corrected chi connectivity index (χ0v) is 19.1. The lowest BCUT2D eigenvalue weighted by atomic mass is 9.72. The Kier molecular flexibility index (Phi) is 9.34. The molecule has 0 saturated carbocycles. The van der Waals surface area contributed by atoms with E-state index in [4.69, 9.17) is 4.84 Å². The number of carbonyl (C=O) groups excluding carboxylic acids is 4. The number of amides is 3. The van der Waals surface area contributed by atoms with Crippen molar-refractivity contribution in [2.45, 2.75) is 88.1 Å². The van der Waals surface area contributed by atoms with Gasteiger partial charge >= 0.3 is 5.97 Å². The Balaban J connectivity index is 5.48. The quantitative estimate of drug-likeness (QED) is 0.692. The standard InChI is InChI=1S/C21H38N2O5/c1-13(2)22-18(26)16(20(5,6)7)11-12-17(21(8,9)10)19(27)28-23(14(3)24)15(4)25/h13,16-17H,11-12H2,1-10H3,(H,22,26). The van der Waals surface area contributed by atoms with E-state index in [1.165, 1.54) is 0 Å². The molecule has 0 aliphatic rings. The van der Waals surface area contributed by atoms with Gasteiger partial charge in [0.1, 0.15) is 0 Å². The van der Waals surface area contributed by atoms with Crippen molar-refractivity contribution in [3.63, 3.8) is 0 Å². The minimum atomic E-state index is -0.655. The molecule has 0 aliphatic heterocycles. The molecule has 28 heavy (non-hydrogen) atoms. The fraction of sp³-hybridized carbons (Fsp3) is 0.810. The van der Waals surface area contributed by atoms with Crippen molar-refractivity contribution in [2.75, 3.05) is 0 Å². The monoisotopic (exact) mass is 398 g/mol. The minimum Gasteiger partial charge on any atom is -0.354 e. The van der Waals surface area contributed by atoms with Crippen molar-refractivity contribution < 1.29 is 24.0 Å². The Labute approximate surface area is 169 Å². The summed E-state index contributed by atoms with van der Waals surface area (Å²) < 4.78 is 0. The van der Waals surface area contributed by atoms with Crippen LogP contribution in [0.3, 0.4) is 0 Å². The summed E-state index contributed by atoms with van der Waals surface area (Å²) in [6.07, 6.45) is 0.888. The number of carbonyl (C=O) groups is 4. The van der Waals surface area contributed by atoms with Crippen molar-refractivity contribution in [1.29, 1.82) is 0 Å². The van der Waals surface area contributed by atoms with Crippen molar-refractivity contribution >= 4 is 23.7 Å². The van der Waals surface area contributed by atoms with E-state index in [0.29, 0.717) is 17.9 Å². The maximum atomic E-state index is 12.8. The molecule has 0 rings (SSSR count). The van der Waals surface area contributed by atoms with Crippen molar-refractivity contribution in [2.24, 2.45) is 22.7 Å². The van der Waals surface area contributed by atoms with Gasteiger partial charge in [-0.2, -0.15) is 0 Å². The first-order valence-electron chi connectivity index (χ1n) is 9.81. The number of hydrogen-bond donors (Lipinski definition) is 1. The third kappa shape index (κ3) is 8.40. The van der Waals surface area contributed by atoms with Crippen LogP contribution in [-0.4, -0.2) is 34.8 Å². The molecule has 2 atom stereocenters. The van der Waals surface area contributed by atoms with E-state index in [-0.39, 0.29) is 23.3 Å². The Morgan fingerprint density at radius 1 is 0.821 bits per heavy atom. The van der Waals surface area contributed by atoms with E-state index < -0.39 is 29.1 Å². The fourth-order valence-electron chi connectivity index (χ4n) is 3.08. The lowest BCUT2D eigenvalue weighted by Crippen LogP contribution is -2.43. The number of nitrogens with zero attached hydrogens (tertiary/aromatic N) is 1. The molecular formula is C21H38N2O5.